The molecule has 2 rings (SSSR count). The van der Waals surface area contributed by atoms with E-state index in [0.29, 0.717) is 6.42 Å². The molecule has 1 aliphatic heterocycles. The molecule has 0 radical (unpaired) electrons. The van der Waals surface area contributed by atoms with E-state index in [1.165, 1.54) is 5.56 Å². The highest BCUT2D eigenvalue weighted by Gasteiger charge is 2.39. The quantitative estimate of drug-likeness (QED) is 0.905. The summed E-state index contributed by atoms with van der Waals surface area (Å²) in [6.07, 6.45) is 2.39. The maximum atomic E-state index is 12.6. The number of amides is 2. The molecule has 0 aromatic carbocycles. The molecular weight excluding hydrogens is 272 g/mol. The average molecular weight is 294 g/mol. The summed E-state index contributed by atoms with van der Waals surface area (Å²) in [5, 5.41) is 6.97. The molecule has 0 bridgehead atoms. The minimum absolute atomic E-state index is 0.0394. The van der Waals surface area contributed by atoms with E-state index in [2.05, 4.69) is 16.8 Å². The van der Waals surface area contributed by atoms with Crippen molar-refractivity contribution in [3.63, 3.8) is 0 Å². The highest BCUT2D eigenvalue weighted by atomic mass is 32.1. The number of carbonyl (C=O) groups excluding carboxylic acids is 2. The molecule has 0 aliphatic carbocycles. The molecule has 4 nitrogen and oxygen atoms in total. The van der Waals surface area contributed by atoms with Gasteiger partial charge < -0.3 is 10.2 Å². The fraction of sp³-hybridized carbons (Fsp3) is 0.600. The van der Waals surface area contributed by atoms with Crippen LogP contribution in [0.3, 0.4) is 0 Å². The van der Waals surface area contributed by atoms with Gasteiger partial charge in [0.2, 0.25) is 11.8 Å². The minimum atomic E-state index is -0.385. The van der Waals surface area contributed by atoms with E-state index >= 15 is 0 Å². The lowest BCUT2D eigenvalue weighted by Crippen LogP contribution is -2.64. The Morgan fingerprint density at radius 3 is 2.80 bits per heavy atom. The van der Waals surface area contributed by atoms with Crippen molar-refractivity contribution in [1.29, 1.82) is 0 Å². The van der Waals surface area contributed by atoms with Gasteiger partial charge in [-0.2, -0.15) is 11.3 Å². The molecule has 5 heteroatoms. The lowest BCUT2D eigenvalue weighted by atomic mass is 10.00. The first-order valence-corrected chi connectivity index (χ1v) is 8.12. The third-order valence-electron chi connectivity index (χ3n) is 3.83. The zero-order valence-corrected chi connectivity index (χ0v) is 13.1. The van der Waals surface area contributed by atoms with E-state index in [9.17, 15) is 9.59 Å². The van der Waals surface area contributed by atoms with Crippen molar-refractivity contribution in [2.45, 2.75) is 58.2 Å². The molecule has 3 atom stereocenters. The van der Waals surface area contributed by atoms with Crippen LogP contribution in [-0.2, 0) is 16.0 Å². The van der Waals surface area contributed by atoms with Gasteiger partial charge in [0.15, 0.2) is 0 Å². The molecule has 1 fully saturated rings. The van der Waals surface area contributed by atoms with E-state index in [-0.39, 0.29) is 29.9 Å². The first-order valence-electron chi connectivity index (χ1n) is 7.18. The number of piperazine rings is 1. The van der Waals surface area contributed by atoms with Gasteiger partial charge in [0.05, 0.1) is 0 Å². The molecule has 3 unspecified atom stereocenters. The van der Waals surface area contributed by atoms with Gasteiger partial charge in [0.1, 0.15) is 12.1 Å². The smallest absolute Gasteiger partial charge is 0.246 e. The summed E-state index contributed by atoms with van der Waals surface area (Å²) >= 11 is 1.66. The van der Waals surface area contributed by atoms with E-state index in [4.69, 9.17) is 0 Å². The predicted molar refractivity (Wildman–Crippen MR) is 80.6 cm³/mol. The largest absolute Gasteiger partial charge is 0.343 e. The molecule has 110 valence electrons. The van der Waals surface area contributed by atoms with Crippen LogP contribution in [0.1, 0.15) is 39.2 Å². The van der Waals surface area contributed by atoms with E-state index < -0.39 is 0 Å². The Labute approximate surface area is 124 Å². The van der Waals surface area contributed by atoms with Crippen molar-refractivity contribution in [3.8, 4) is 0 Å². The van der Waals surface area contributed by atoms with Crippen LogP contribution < -0.4 is 5.32 Å². The van der Waals surface area contributed by atoms with Crippen LogP contribution in [-0.4, -0.2) is 34.8 Å². The second kappa shape index (κ2) is 6.39. The number of thiophene rings is 1. The van der Waals surface area contributed by atoms with Gasteiger partial charge in [-0.25, -0.2) is 0 Å². The Bertz CT molecular complexity index is 472. The standard InChI is InChI=1S/C15H22N2O2S/c1-4-5-13-15(19)17(11(3)14(18)16-13)10(2)8-12-6-7-20-9-12/h6-7,9-11,13H,4-5,8H2,1-3H3,(H,16,18). The first kappa shape index (κ1) is 15.0. The van der Waals surface area contributed by atoms with Gasteiger partial charge in [-0.15, -0.1) is 0 Å². The normalized spacial score (nSPS) is 24.6. The number of hydrogen-bond donors (Lipinski definition) is 1. The fourth-order valence-corrected chi connectivity index (χ4v) is 3.46. The van der Waals surface area contributed by atoms with Gasteiger partial charge in [0, 0.05) is 6.04 Å². The Morgan fingerprint density at radius 1 is 1.45 bits per heavy atom. The molecule has 1 saturated heterocycles. The molecule has 20 heavy (non-hydrogen) atoms. The molecule has 1 aromatic rings. The second-order valence-corrected chi connectivity index (χ2v) is 6.24. The van der Waals surface area contributed by atoms with Crippen LogP contribution >= 0.6 is 11.3 Å². The molecule has 0 spiro atoms. The van der Waals surface area contributed by atoms with Gasteiger partial charge in [-0.3, -0.25) is 9.59 Å². The van der Waals surface area contributed by atoms with Crippen molar-refractivity contribution in [2.75, 3.05) is 0 Å². The van der Waals surface area contributed by atoms with Gasteiger partial charge >= 0.3 is 0 Å². The molecule has 1 aliphatic rings. The van der Waals surface area contributed by atoms with Crippen LogP contribution in [0.2, 0.25) is 0 Å². The fourth-order valence-electron chi connectivity index (χ4n) is 2.78. The zero-order valence-electron chi connectivity index (χ0n) is 12.3. The van der Waals surface area contributed by atoms with Gasteiger partial charge in [-0.1, -0.05) is 13.3 Å². The Kier molecular flexibility index (Phi) is 4.81. The Balaban J connectivity index is 2.13. The lowest BCUT2D eigenvalue weighted by Gasteiger charge is -2.41. The van der Waals surface area contributed by atoms with Crippen molar-refractivity contribution >= 4 is 23.2 Å². The number of hydrogen-bond acceptors (Lipinski definition) is 3. The molecule has 2 heterocycles. The van der Waals surface area contributed by atoms with Crippen LogP contribution in [0.4, 0.5) is 0 Å². The summed E-state index contributed by atoms with van der Waals surface area (Å²) < 4.78 is 0. The van der Waals surface area contributed by atoms with E-state index in [0.717, 1.165) is 12.8 Å². The number of nitrogens with one attached hydrogen (secondary N) is 1. The zero-order chi connectivity index (χ0) is 14.7. The summed E-state index contributed by atoms with van der Waals surface area (Å²) in [6, 6.07) is 1.37. The second-order valence-electron chi connectivity index (χ2n) is 5.46. The maximum Gasteiger partial charge on any atom is 0.246 e. The number of rotatable bonds is 5. The van der Waals surface area contributed by atoms with Crippen LogP contribution in [0, 0.1) is 0 Å². The predicted octanol–water partition coefficient (Wildman–Crippen LogP) is 2.19. The molecule has 1 aromatic heterocycles. The highest BCUT2D eigenvalue weighted by Crippen LogP contribution is 2.20. The van der Waals surface area contributed by atoms with Crippen molar-refractivity contribution in [1.82, 2.24) is 10.2 Å². The first-order chi connectivity index (χ1) is 9.54. The van der Waals surface area contributed by atoms with E-state index in [1.54, 1.807) is 23.2 Å². The van der Waals surface area contributed by atoms with Crippen LogP contribution in [0.5, 0.6) is 0 Å². The maximum absolute atomic E-state index is 12.6. The monoisotopic (exact) mass is 294 g/mol. The third-order valence-corrected chi connectivity index (χ3v) is 4.56. The summed E-state index contributed by atoms with van der Waals surface area (Å²) in [7, 11) is 0. The SMILES string of the molecule is CCCC1NC(=O)C(C)N(C(C)Cc2ccsc2)C1=O. The summed E-state index contributed by atoms with van der Waals surface area (Å²) in [5.74, 6) is 0.0156. The lowest BCUT2D eigenvalue weighted by molar-refractivity contribution is -0.151. The summed E-state index contributed by atoms with van der Waals surface area (Å²) in [5.41, 5.74) is 1.22. The van der Waals surface area contributed by atoms with Crippen LogP contribution in [0.25, 0.3) is 0 Å². The van der Waals surface area contributed by atoms with Gasteiger partial charge in [0.25, 0.3) is 0 Å². The average Bonchev–Trinajstić information content (AvgIpc) is 2.89. The topological polar surface area (TPSA) is 49.4 Å². The van der Waals surface area contributed by atoms with Gasteiger partial charge in [-0.05, 0) is 49.1 Å². The van der Waals surface area contributed by atoms with Crippen LogP contribution in [0.15, 0.2) is 16.8 Å². The number of carbonyl (C=O) groups is 2. The summed E-state index contributed by atoms with van der Waals surface area (Å²) in [6.45, 7) is 5.85. The molecule has 2 amide bonds. The molecular formula is C15H22N2O2S. The van der Waals surface area contributed by atoms with Crippen molar-refractivity contribution in [2.24, 2.45) is 0 Å². The molecule has 1 N–H and O–H groups in total. The van der Waals surface area contributed by atoms with Crippen molar-refractivity contribution < 1.29 is 9.59 Å². The molecule has 0 saturated carbocycles. The third kappa shape index (κ3) is 3.03. The number of nitrogens with zero attached hydrogens (tertiary/aromatic N) is 1. The highest BCUT2D eigenvalue weighted by molar-refractivity contribution is 7.07. The Morgan fingerprint density at radius 2 is 2.20 bits per heavy atom. The summed E-state index contributed by atoms with van der Waals surface area (Å²) in [4.78, 5) is 26.4. The minimum Gasteiger partial charge on any atom is -0.343 e. The Hall–Kier alpha value is -1.36. The van der Waals surface area contributed by atoms with E-state index in [1.807, 2.05) is 19.2 Å². The van der Waals surface area contributed by atoms with Crippen molar-refractivity contribution in [3.05, 3.63) is 22.4 Å².